The number of aryl methyl sites for hydroxylation is 3. The van der Waals surface area contributed by atoms with E-state index in [-0.39, 0.29) is 18.1 Å². The number of nitrogens with zero attached hydrogens (tertiary/aromatic N) is 6. The minimum absolute atomic E-state index is 0.105. The van der Waals surface area contributed by atoms with Gasteiger partial charge in [-0.15, -0.1) is 5.10 Å². The van der Waals surface area contributed by atoms with E-state index in [2.05, 4.69) is 51.2 Å². The third-order valence-electron chi connectivity index (χ3n) is 8.73. The van der Waals surface area contributed by atoms with Crippen molar-refractivity contribution >= 4 is 17.4 Å². The lowest BCUT2D eigenvalue weighted by Crippen LogP contribution is -2.47. The van der Waals surface area contributed by atoms with Gasteiger partial charge in [-0.2, -0.15) is 9.50 Å². The maximum Gasteiger partial charge on any atom is 0.253 e. The fourth-order valence-corrected chi connectivity index (χ4v) is 6.56. The number of morpholine rings is 1. The van der Waals surface area contributed by atoms with Crippen LogP contribution >= 0.6 is 0 Å². The van der Waals surface area contributed by atoms with Crippen LogP contribution in [0.25, 0.3) is 5.78 Å². The molecule has 0 spiro atoms. The Kier molecular flexibility index (Phi) is 7.18. The molecule has 9 heteroatoms. The molecule has 3 aromatic rings. The van der Waals surface area contributed by atoms with Crippen molar-refractivity contribution in [3.63, 3.8) is 0 Å². The fraction of sp³-hybridized carbons (Fsp3) is 0.600. The first kappa shape index (κ1) is 26.0. The summed E-state index contributed by atoms with van der Waals surface area (Å²) in [7, 11) is 0. The Labute approximate surface area is 230 Å². The van der Waals surface area contributed by atoms with E-state index >= 15 is 0 Å². The smallest absolute Gasteiger partial charge is 0.253 e. The Hall–Kier alpha value is -3.20. The number of amides is 1. The number of hydrogen-bond donors (Lipinski definition) is 0. The summed E-state index contributed by atoms with van der Waals surface area (Å²) in [5.74, 6) is 3.19. The SMILES string of the molecule is Cc1nc2nc(C)c(O[C@@H]3CCN(c4ccc([C@H]5CC[C@H](C(=O)N6CCO[C@H](C)C6)CC5)cc4)C3)c(C)n2n1. The molecule has 6 rings (SSSR count). The van der Waals surface area contributed by atoms with Crippen molar-refractivity contribution in [3.8, 4) is 5.75 Å². The van der Waals surface area contributed by atoms with Crippen LogP contribution in [0.4, 0.5) is 5.69 Å². The van der Waals surface area contributed by atoms with Gasteiger partial charge in [-0.3, -0.25) is 4.79 Å². The van der Waals surface area contributed by atoms with E-state index in [1.165, 1.54) is 11.3 Å². The minimum atomic E-state index is 0.105. The van der Waals surface area contributed by atoms with Crippen LogP contribution in [0.15, 0.2) is 24.3 Å². The number of anilines is 1. The highest BCUT2D eigenvalue weighted by Gasteiger charge is 2.32. The molecule has 2 saturated heterocycles. The van der Waals surface area contributed by atoms with E-state index in [1.807, 2.05) is 25.7 Å². The maximum atomic E-state index is 13.0. The number of hydrogen-bond acceptors (Lipinski definition) is 7. The van der Waals surface area contributed by atoms with Gasteiger partial charge in [0.15, 0.2) is 5.75 Å². The summed E-state index contributed by atoms with van der Waals surface area (Å²) in [6, 6.07) is 9.09. The first-order valence-corrected chi connectivity index (χ1v) is 14.5. The van der Waals surface area contributed by atoms with Crippen molar-refractivity contribution < 1.29 is 14.3 Å². The molecule has 0 bridgehead atoms. The van der Waals surface area contributed by atoms with E-state index in [1.54, 1.807) is 4.52 Å². The third-order valence-corrected chi connectivity index (χ3v) is 8.73. The molecular weight excluding hydrogens is 492 g/mol. The van der Waals surface area contributed by atoms with E-state index in [9.17, 15) is 4.79 Å². The second-order valence-corrected chi connectivity index (χ2v) is 11.6. The van der Waals surface area contributed by atoms with Crippen LogP contribution in [-0.4, -0.2) is 75.4 Å². The van der Waals surface area contributed by atoms with Crippen molar-refractivity contribution in [2.24, 2.45) is 5.92 Å². The van der Waals surface area contributed by atoms with Gasteiger partial charge < -0.3 is 19.3 Å². The van der Waals surface area contributed by atoms with E-state index in [0.29, 0.717) is 30.0 Å². The van der Waals surface area contributed by atoms with Gasteiger partial charge in [0.05, 0.1) is 30.6 Å². The molecular formula is C30H40N6O3. The Bertz CT molecular complexity index is 1330. The largest absolute Gasteiger partial charge is 0.485 e. The van der Waals surface area contributed by atoms with E-state index < -0.39 is 0 Å². The van der Waals surface area contributed by atoms with Crippen LogP contribution in [0.3, 0.4) is 0 Å². The molecule has 2 aliphatic heterocycles. The normalized spacial score (nSPS) is 25.8. The number of fused-ring (bicyclic) bond motifs is 1. The molecule has 2 atom stereocenters. The topological polar surface area (TPSA) is 85.1 Å². The lowest BCUT2D eigenvalue weighted by molar-refractivity contribution is -0.143. The molecule has 2 aromatic heterocycles. The molecule has 4 heterocycles. The van der Waals surface area contributed by atoms with Crippen molar-refractivity contribution in [3.05, 3.63) is 47.0 Å². The van der Waals surface area contributed by atoms with Crippen molar-refractivity contribution in [2.75, 3.05) is 37.7 Å². The Balaban J connectivity index is 1.03. The molecule has 39 heavy (non-hydrogen) atoms. The number of rotatable bonds is 5. The van der Waals surface area contributed by atoms with Crippen molar-refractivity contribution in [1.29, 1.82) is 0 Å². The van der Waals surface area contributed by atoms with Crippen molar-refractivity contribution in [2.45, 2.75) is 77.9 Å². The molecule has 0 N–H and O–H groups in total. The standard InChI is InChI=1S/C30H40N6O3/c1-19-17-35(15-16-38-19)29(37)25-7-5-23(6-8-25)24-9-11-26(12-10-24)34-14-13-27(18-34)39-28-20(2)31-30-32-22(4)33-36(30)21(28)3/h9-12,19,23,25,27H,5-8,13-18H2,1-4H3/t19-,23-,25-,27-/m1/s1. The molecule has 1 saturated carbocycles. The Morgan fingerprint density at radius 1 is 0.974 bits per heavy atom. The van der Waals surface area contributed by atoms with Gasteiger partial charge in [0, 0.05) is 37.7 Å². The number of ether oxygens (including phenoxy) is 2. The minimum Gasteiger partial charge on any atom is -0.485 e. The molecule has 3 fully saturated rings. The highest BCUT2D eigenvalue weighted by molar-refractivity contribution is 5.79. The first-order valence-electron chi connectivity index (χ1n) is 14.5. The maximum absolute atomic E-state index is 13.0. The zero-order valence-corrected chi connectivity index (χ0v) is 23.6. The molecule has 9 nitrogen and oxygen atoms in total. The molecule has 1 aromatic carbocycles. The summed E-state index contributed by atoms with van der Waals surface area (Å²) in [6.07, 6.45) is 5.34. The molecule has 0 radical (unpaired) electrons. The summed E-state index contributed by atoms with van der Waals surface area (Å²) in [6.45, 7) is 11.9. The van der Waals surface area contributed by atoms with Crippen LogP contribution in [0.5, 0.6) is 5.75 Å². The first-order chi connectivity index (χ1) is 18.9. The third kappa shape index (κ3) is 5.33. The van der Waals surface area contributed by atoms with Crippen LogP contribution < -0.4 is 9.64 Å². The van der Waals surface area contributed by atoms with Gasteiger partial charge >= 0.3 is 0 Å². The van der Waals surface area contributed by atoms with Gasteiger partial charge in [0.2, 0.25) is 5.91 Å². The highest BCUT2D eigenvalue weighted by Crippen LogP contribution is 2.37. The summed E-state index contributed by atoms with van der Waals surface area (Å²) in [5, 5.41) is 4.46. The summed E-state index contributed by atoms with van der Waals surface area (Å²) in [4.78, 5) is 26.4. The number of benzene rings is 1. The van der Waals surface area contributed by atoms with Gasteiger partial charge in [0.1, 0.15) is 11.9 Å². The number of aromatic nitrogens is 4. The second kappa shape index (κ2) is 10.8. The number of carbonyl (C=O) groups excluding carboxylic acids is 1. The highest BCUT2D eigenvalue weighted by atomic mass is 16.5. The Morgan fingerprint density at radius 2 is 1.74 bits per heavy atom. The predicted molar refractivity (Wildman–Crippen MR) is 149 cm³/mol. The second-order valence-electron chi connectivity index (χ2n) is 11.6. The lowest BCUT2D eigenvalue weighted by Gasteiger charge is -2.36. The zero-order valence-electron chi connectivity index (χ0n) is 23.6. The quantitative estimate of drug-likeness (QED) is 0.486. The average molecular weight is 533 g/mol. The summed E-state index contributed by atoms with van der Waals surface area (Å²) in [5.41, 5.74) is 4.43. The average Bonchev–Trinajstić information content (AvgIpc) is 3.57. The summed E-state index contributed by atoms with van der Waals surface area (Å²) < 4.78 is 13.9. The van der Waals surface area contributed by atoms with Crippen LogP contribution in [0.1, 0.15) is 67.7 Å². The van der Waals surface area contributed by atoms with Crippen LogP contribution in [-0.2, 0) is 9.53 Å². The van der Waals surface area contributed by atoms with Crippen LogP contribution in [0.2, 0.25) is 0 Å². The van der Waals surface area contributed by atoms with Gasteiger partial charge in [-0.1, -0.05) is 12.1 Å². The monoisotopic (exact) mass is 532 g/mol. The van der Waals surface area contributed by atoms with Gasteiger partial charge in [-0.25, -0.2) is 4.98 Å². The van der Waals surface area contributed by atoms with E-state index in [4.69, 9.17) is 9.47 Å². The zero-order chi connectivity index (χ0) is 27.1. The lowest BCUT2D eigenvalue weighted by atomic mass is 9.78. The molecule has 3 aliphatic rings. The predicted octanol–water partition coefficient (Wildman–Crippen LogP) is 4.23. The molecule has 1 amide bonds. The van der Waals surface area contributed by atoms with Gasteiger partial charge in [-0.05, 0) is 77.0 Å². The van der Waals surface area contributed by atoms with Gasteiger partial charge in [0.25, 0.3) is 5.78 Å². The number of carbonyl (C=O) groups is 1. The molecule has 0 unspecified atom stereocenters. The van der Waals surface area contributed by atoms with Crippen molar-refractivity contribution in [1.82, 2.24) is 24.5 Å². The van der Waals surface area contributed by atoms with E-state index in [0.717, 1.165) is 75.4 Å². The molecule has 1 aliphatic carbocycles. The molecule has 208 valence electrons. The van der Waals surface area contributed by atoms with Crippen LogP contribution in [0, 0.1) is 26.7 Å². The fourth-order valence-electron chi connectivity index (χ4n) is 6.56. The Morgan fingerprint density at radius 3 is 2.49 bits per heavy atom. The summed E-state index contributed by atoms with van der Waals surface area (Å²) >= 11 is 0.